The first-order valence-electron chi connectivity index (χ1n) is 10.1. The van der Waals surface area contributed by atoms with Crippen molar-refractivity contribution < 1.29 is 23.5 Å². The molecule has 0 saturated heterocycles. The minimum atomic E-state index is -1.33. The standard InChI is InChI=1S/C21H37N3O5Si/c1-19(2,3)15(29-30(10)11)14-12-22-16(23-13-14)24(17(25)27-20(4,5)6)18(26)28-21(7,8)9/h12-13,15,30H,1-11H3. The Morgan fingerprint density at radius 2 is 1.27 bits per heavy atom. The molecule has 0 radical (unpaired) electrons. The summed E-state index contributed by atoms with van der Waals surface area (Å²) in [6.07, 6.45) is 1.16. The summed E-state index contributed by atoms with van der Waals surface area (Å²) in [4.78, 5) is 34.7. The fourth-order valence-corrected chi connectivity index (χ4v) is 3.60. The summed E-state index contributed by atoms with van der Waals surface area (Å²) in [6, 6.07) is 0. The van der Waals surface area contributed by atoms with Gasteiger partial charge in [0.05, 0.1) is 6.10 Å². The quantitative estimate of drug-likeness (QED) is 0.592. The van der Waals surface area contributed by atoms with Gasteiger partial charge in [0.15, 0.2) is 9.04 Å². The number of imide groups is 1. The number of carbonyl (C=O) groups excluding carboxylic acids is 2. The van der Waals surface area contributed by atoms with E-state index in [2.05, 4.69) is 43.8 Å². The molecule has 8 nitrogen and oxygen atoms in total. The van der Waals surface area contributed by atoms with E-state index in [9.17, 15) is 9.59 Å². The van der Waals surface area contributed by atoms with Gasteiger partial charge in [-0.1, -0.05) is 20.8 Å². The van der Waals surface area contributed by atoms with Gasteiger partial charge in [0.1, 0.15) is 11.2 Å². The van der Waals surface area contributed by atoms with Crippen LogP contribution in [0.25, 0.3) is 0 Å². The molecule has 0 aliphatic heterocycles. The van der Waals surface area contributed by atoms with Crippen LogP contribution >= 0.6 is 0 Å². The van der Waals surface area contributed by atoms with E-state index in [1.54, 1.807) is 53.9 Å². The van der Waals surface area contributed by atoms with E-state index >= 15 is 0 Å². The predicted octanol–water partition coefficient (Wildman–Crippen LogP) is 5.24. The lowest BCUT2D eigenvalue weighted by molar-refractivity contribution is 0.0427. The SMILES string of the molecule is C[SiH](C)OC(c1cnc(N(C(=O)OC(C)(C)C)C(=O)OC(C)(C)C)nc1)C(C)(C)C. The highest BCUT2D eigenvalue weighted by molar-refractivity contribution is 6.48. The van der Waals surface area contributed by atoms with E-state index in [-0.39, 0.29) is 17.5 Å². The predicted molar refractivity (Wildman–Crippen MR) is 119 cm³/mol. The Bertz CT molecular complexity index is 703. The van der Waals surface area contributed by atoms with Gasteiger partial charge < -0.3 is 13.9 Å². The summed E-state index contributed by atoms with van der Waals surface area (Å²) in [5, 5.41) is 0. The molecule has 1 unspecified atom stereocenters. The first kappa shape index (κ1) is 26.0. The van der Waals surface area contributed by atoms with Crippen LogP contribution in [-0.2, 0) is 13.9 Å². The Balaban J connectivity index is 3.30. The van der Waals surface area contributed by atoms with Crippen LogP contribution < -0.4 is 4.90 Å². The zero-order valence-electron chi connectivity index (χ0n) is 20.2. The fourth-order valence-electron chi connectivity index (χ4n) is 2.49. The third-order valence-corrected chi connectivity index (χ3v) is 4.32. The minimum absolute atomic E-state index is 0.114. The monoisotopic (exact) mass is 439 g/mol. The highest BCUT2D eigenvalue weighted by atomic mass is 28.3. The maximum Gasteiger partial charge on any atom is 0.427 e. The lowest BCUT2D eigenvalue weighted by Crippen LogP contribution is -2.44. The zero-order valence-corrected chi connectivity index (χ0v) is 21.3. The Labute approximate surface area is 182 Å². The van der Waals surface area contributed by atoms with E-state index in [0.717, 1.165) is 5.56 Å². The Morgan fingerprint density at radius 1 is 0.867 bits per heavy atom. The first-order chi connectivity index (χ1) is 13.4. The van der Waals surface area contributed by atoms with Gasteiger partial charge in [0, 0.05) is 18.0 Å². The Morgan fingerprint density at radius 3 is 1.57 bits per heavy atom. The topological polar surface area (TPSA) is 90.8 Å². The fraction of sp³-hybridized carbons (Fsp3) is 0.714. The molecule has 0 aliphatic rings. The molecule has 1 atom stereocenters. The van der Waals surface area contributed by atoms with E-state index in [1.807, 2.05) is 0 Å². The van der Waals surface area contributed by atoms with Crippen LogP contribution in [0.1, 0.15) is 74.0 Å². The van der Waals surface area contributed by atoms with Crippen molar-refractivity contribution >= 4 is 27.2 Å². The highest BCUT2D eigenvalue weighted by Crippen LogP contribution is 2.36. The van der Waals surface area contributed by atoms with Crippen LogP contribution in [0, 0.1) is 5.41 Å². The summed E-state index contributed by atoms with van der Waals surface area (Å²) in [6.45, 7) is 20.7. The molecule has 1 aromatic heterocycles. The van der Waals surface area contributed by atoms with E-state index in [1.165, 1.54) is 0 Å². The number of amides is 2. The molecule has 1 aromatic rings. The van der Waals surface area contributed by atoms with Crippen molar-refractivity contribution in [2.24, 2.45) is 5.41 Å². The molecule has 170 valence electrons. The average molecular weight is 440 g/mol. The van der Waals surface area contributed by atoms with Gasteiger partial charge in [-0.3, -0.25) is 0 Å². The molecule has 2 amide bonds. The highest BCUT2D eigenvalue weighted by Gasteiger charge is 2.35. The molecule has 0 aliphatic carbocycles. The molecule has 0 fully saturated rings. The van der Waals surface area contributed by atoms with Crippen molar-refractivity contribution in [3.63, 3.8) is 0 Å². The lowest BCUT2D eigenvalue weighted by Gasteiger charge is -2.32. The summed E-state index contributed by atoms with van der Waals surface area (Å²) < 4.78 is 16.9. The maximum absolute atomic E-state index is 12.7. The Kier molecular flexibility index (Phi) is 8.18. The molecule has 1 heterocycles. The van der Waals surface area contributed by atoms with Gasteiger partial charge in [-0.15, -0.1) is 4.90 Å². The molecule has 30 heavy (non-hydrogen) atoms. The van der Waals surface area contributed by atoms with Gasteiger partial charge in [-0.2, -0.15) is 0 Å². The first-order valence-corrected chi connectivity index (χ1v) is 12.9. The molecule has 0 spiro atoms. The third kappa shape index (κ3) is 8.39. The molecule has 0 N–H and O–H groups in total. The van der Waals surface area contributed by atoms with Crippen LogP contribution in [-0.4, -0.2) is 42.4 Å². The van der Waals surface area contributed by atoms with Crippen molar-refractivity contribution in [1.29, 1.82) is 0 Å². The molecule has 0 saturated carbocycles. The van der Waals surface area contributed by atoms with Crippen molar-refractivity contribution in [3.8, 4) is 0 Å². The number of hydrogen-bond donors (Lipinski definition) is 0. The normalized spacial score (nSPS) is 13.7. The summed E-state index contributed by atoms with van der Waals surface area (Å²) in [5.74, 6) is -0.114. The number of carbonyl (C=O) groups is 2. The average Bonchev–Trinajstić information content (AvgIpc) is 2.49. The molecule has 1 rings (SSSR count). The summed E-state index contributed by atoms with van der Waals surface area (Å²) >= 11 is 0. The lowest BCUT2D eigenvalue weighted by atomic mass is 9.86. The van der Waals surface area contributed by atoms with E-state index in [0.29, 0.717) is 4.90 Å². The van der Waals surface area contributed by atoms with Crippen LogP contribution in [0.2, 0.25) is 13.1 Å². The number of ether oxygens (including phenoxy) is 2. The molecular formula is C21H37N3O5Si. The van der Waals surface area contributed by atoms with Gasteiger partial charge in [0.25, 0.3) is 0 Å². The van der Waals surface area contributed by atoms with Gasteiger partial charge in [-0.05, 0) is 60.1 Å². The second kappa shape index (κ2) is 9.43. The van der Waals surface area contributed by atoms with Crippen molar-refractivity contribution in [2.45, 2.75) is 92.7 Å². The molecule has 0 aromatic carbocycles. The molecule has 0 bridgehead atoms. The van der Waals surface area contributed by atoms with Gasteiger partial charge >= 0.3 is 12.2 Å². The van der Waals surface area contributed by atoms with Crippen LogP contribution in [0.5, 0.6) is 0 Å². The number of hydrogen-bond acceptors (Lipinski definition) is 7. The van der Waals surface area contributed by atoms with Gasteiger partial charge in [0.2, 0.25) is 5.95 Å². The summed E-state index contributed by atoms with van der Waals surface area (Å²) in [5.41, 5.74) is -0.992. The number of anilines is 1. The third-order valence-electron chi connectivity index (χ3n) is 3.51. The minimum Gasteiger partial charge on any atom is -0.443 e. The summed E-state index contributed by atoms with van der Waals surface area (Å²) in [7, 11) is -1.33. The van der Waals surface area contributed by atoms with Crippen LogP contribution in [0.4, 0.5) is 15.5 Å². The van der Waals surface area contributed by atoms with E-state index < -0.39 is 32.4 Å². The maximum atomic E-state index is 12.7. The largest absolute Gasteiger partial charge is 0.443 e. The zero-order chi connectivity index (χ0) is 23.5. The smallest absolute Gasteiger partial charge is 0.427 e. The van der Waals surface area contributed by atoms with Crippen molar-refractivity contribution in [2.75, 3.05) is 4.90 Å². The second-order valence-electron chi connectivity index (χ2n) is 10.5. The van der Waals surface area contributed by atoms with Crippen LogP contribution in [0.3, 0.4) is 0 Å². The van der Waals surface area contributed by atoms with Crippen molar-refractivity contribution in [1.82, 2.24) is 9.97 Å². The van der Waals surface area contributed by atoms with E-state index in [4.69, 9.17) is 13.9 Å². The number of nitrogens with zero attached hydrogens (tertiary/aromatic N) is 3. The number of aromatic nitrogens is 2. The van der Waals surface area contributed by atoms with Crippen LogP contribution in [0.15, 0.2) is 12.4 Å². The van der Waals surface area contributed by atoms with Crippen molar-refractivity contribution in [3.05, 3.63) is 18.0 Å². The Hall–Kier alpha value is -2.00. The second-order valence-corrected chi connectivity index (χ2v) is 12.9. The van der Waals surface area contributed by atoms with Gasteiger partial charge in [-0.25, -0.2) is 19.6 Å². The molecule has 9 heteroatoms. The molecular weight excluding hydrogens is 402 g/mol. The number of rotatable bonds is 4.